The molecule has 0 saturated carbocycles. The predicted octanol–water partition coefficient (Wildman–Crippen LogP) is 4.18. The topological polar surface area (TPSA) is 96.0 Å². The molecule has 41 heavy (non-hydrogen) atoms. The van der Waals surface area contributed by atoms with E-state index in [2.05, 4.69) is 32.1 Å². The van der Waals surface area contributed by atoms with Crippen molar-refractivity contribution in [1.29, 1.82) is 0 Å². The van der Waals surface area contributed by atoms with Crippen LogP contribution >= 0.6 is 11.6 Å². The third-order valence-corrected chi connectivity index (χ3v) is 10.2. The number of halogens is 1. The molecule has 2 N–H and O–H groups in total. The number of nitrogens with one attached hydrogen (secondary N) is 1. The molecule has 1 aromatic rings. The Kier molecular flexibility index (Phi) is 12.3. The van der Waals surface area contributed by atoms with Crippen LogP contribution in [-0.2, 0) is 25.5 Å². The largest absolute Gasteiger partial charge is 0.516 e. The molecule has 4 unspecified atom stereocenters. The minimum Gasteiger partial charge on any atom is -0.516 e. The lowest BCUT2D eigenvalue weighted by molar-refractivity contribution is -0.192. The van der Waals surface area contributed by atoms with Gasteiger partial charge in [-0.15, -0.1) is 0 Å². The number of likely N-dealkylation sites (tertiary alicyclic amines) is 1. The maximum absolute atomic E-state index is 14.2. The molecule has 4 heterocycles. The van der Waals surface area contributed by atoms with Gasteiger partial charge in [-0.2, -0.15) is 4.31 Å². The molecular formula is C29H45ClN4O6S. The van der Waals surface area contributed by atoms with E-state index in [9.17, 15) is 4.21 Å². The molecule has 5 rings (SSSR count). The van der Waals surface area contributed by atoms with Crippen LogP contribution in [-0.4, -0.2) is 99.8 Å². The van der Waals surface area contributed by atoms with Crippen LogP contribution in [0.5, 0.6) is 5.75 Å². The molecule has 0 aromatic heterocycles. The number of aliphatic hydroxyl groups excluding tert-OH is 1. The molecule has 4 aliphatic rings. The minimum atomic E-state index is -1.30. The Morgan fingerprint density at radius 3 is 2.63 bits per heavy atom. The lowest BCUT2D eigenvalue weighted by atomic mass is 9.93. The van der Waals surface area contributed by atoms with Gasteiger partial charge in [0.15, 0.2) is 17.5 Å². The van der Waals surface area contributed by atoms with E-state index < -0.39 is 16.7 Å². The highest BCUT2D eigenvalue weighted by atomic mass is 35.5. The van der Waals surface area contributed by atoms with Crippen LogP contribution < -0.4 is 10.2 Å². The molecule has 0 amide bonds. The summed E-state index contributed by atoms with van der Waals surface area (Å²) in [5, 5.41) is 8.03. The molecule has 0 radical (unpaired) electrons. The SMILES string of the molecule is C=C(NOC1CCCCO1)C12CCC(CN(CCOC)C1)N2S(=O)N1CCC(Oc2ccc(Cl)cc2)CC1.C=CO. The molecule has 2 bridgehead atoms. The van der Waals surface area contributed by atoms with Crippen molar-refractivity contribution in [2.45, 2.75) is 68.9 Å². The van der Waals surface area contributed by atoms with Gasteiger partial charge in [-0.1, -0.05) is 24.8 Å². The monoisotopic (exact) mass is 612 g/mol. The van der Waals surface area contributed by atoms with Gasteiger partial charge >= 0.3 is 0 Å². The Morgan fingerprint density at radius 2 is 1.98 bits per heavy atom. The zero-order valence-corrected chi connectivity index (χ0v) is 25.6. The average molecular weight is 613 g/mol. The van der Waals surface area contributed by atoms with Gasteiger partial charge in [-0.05, 0) is 62.8 Å². The summed E-state index contributed by atoms with van der Waals surface area (Å²) >= 11 is 4.71. The van der Waals surface area contributed by atoms with Crippen molar-refractivity contribution in [3.05, 3.63) is 54.4 Å². The molecule has 4 aliphatic heterocycles. The van der Waals surface area contributed by atoms with Gasteiger partial charge in [0.1, 0.15) is 11.9 Å². The number of benzene rings is 1. The summed E-state index contributed by atoms with van der Waals surface area (Å²) in [5.74, 6) is 0.822. The molecule has 0 aliphatic carbocycles. The van der Waals surface area contributed by atoms with Gasteiger partial charge in [0, 0.05) is 63.9 Å². The van der Waals surface area contributed by atoms with Crippen LogP contribution in [0.2, 0.25) is 5.02 Å². The molecule has 12 heteroatoms. The smallest absolute Gasteiger partial charge is 0.183 e. The summed E-state index contributed by atoms with van der Waals surface area (Å²) in [7, 11) is 1.73. The summed E-state index contributed by atoms with van der Waals surface area (Å²) in [6.45, 7) is 12.6. The Bertz CT molecular complexity index is 1010. The second-order valence-electron chi connectivity index (χ2n) is 10.9. The van der Waals surface area contributed by atoms with E-state index in [4.69, 9.17) is 35.8 Å². The third-order valence-electron chi connectivity index (χ3n) is 8.13. The number of hydroxylamine groups is 1. The Morgan fingerprint density at radius 1 is 1.24 bits per heavy atom. The van der Waals surface area contributed by atoms with E-state index in [1.807, 2.05) is 24.3 Å². The van der Waals surface area contributed by atoms with Crippen molar-refractivity contribution in [3.8, 4) is 5.75 Å². The molecular weight excluding hydrogens is 568 g/mol. The van der Waals surface area contributed by atoms with Gasteiger partial charge in [0.05, 0.1) is 24.1 Å². The van der Waals surface area contributed by atoms with E-state index in [1.165, 1.54) is 0 Å². The number of methoxy groups -OCH3 is 1. The number of ether oxygens (including phenoxy) is 3. The van der Waals surface area contributed by atoms with Gasteiger partial charge in [0.2, 0.25) is 0 Å². The first-order chi connectivity index (χ1) is 19.9. The number of piperidine rings is 1. The highest BCUT2D eigenvalue weighted by Crippen LogP contribution is 2.44. The van der Waals surface area contributed by atoms with Gasteiger partial charge < -0.3 is 19.3 Å². The maximum Gasteiger partial charge on any atom is 0.183 e. The van der Waals surface area contributed by atoms with Crippen LogP contribution in [0.4, 0.5) is 0 Å². The molecule has 1 aromatic carbocycles. The Labute approximate surface area is 251 Å². The highest BCUT2D eigenvalue weighted by Gasteiger charge is 2.56. The fourth-order valence-electron chi connectivity index (χ4n) is 6.05. The highest BCUT2D eigenvalue weighted by molar-refractivity contribution is 7.80. The number of hydrogen-bond acceptors (Lipinski definition) is 8. The lowest BCUT2D eigenvalue weighted by Crippen LogP contribution is -2.66. The molecule has 4 saturated heterocycles. The molecule has 4 atom stereocenters. The predicted molar refractivity (Wildman–Crippen MR) is 161 cm³/mol. The van der Waals surface area contributed by atoms with Gasteiger partial charge in [-0.3, -0.25) is 10.4 Å². The molecule has 4 fully saturated rings. The van der Waals surface area contributed by atoms with Gasteiger partial charge in [-0.25, -0.2) is 13.4 Å². The van der Waals surface area contributed by atoms with E-state index >= 15 is 0 Å². The van der Waals surface area contributed by atoms with Gasteiger partial charge in [0.25, 0.3) is 0 Å². The van der Waals surface area contributed by atoms with Crippen LogP contribution in [0, 0.1) is 0 Å². The van der Waals surface area contributed by atoms with Crippen molar-refractivity contribution < 1.29 is 28.4 Å². The van der Waals surface area contributed by atoms with Crippen molar-refractivity contribution in [1.82, 2.24) is 19.0 Å². The first-order valence-corrected chi connectivity index (χ1v) is 15.9. The van der Waals surface area contributed by atoms with E-state index in [0.717, 1.165) is 82.3 Å². The fraction of sp³-hybridized carbons (Fsp3) is 0.655. The summed E-state index contributed by atoms with van der Waals surface area (Å²) < 4.78 is 35.8. The quantitative estimate of drug-likeness (QED) is 0.284. The first-order valence-electron chi connectivity index (χ1n) is 14.5. The van der Waals surface area contributed by atoms with Crippen molar-refractivity contribution in [2.24, 2.45) is 0 Å². The second-order valence-corrected chi connectivity index (χ2v) is 12.7. The van der Waals surface area contributed by atoms with Crippen LogP contribution in [0.25, 0.3) is 0 Å². The number of aliphatic hydroxyl groups is 1. The minimum absolute atomic E-state index is 0.0986. The lowest BCUT2D eigenvalue weighted by Gasteiger charge is -2.50. The average Bonchev–Trinajstić information content (AvgIpc) is 3.24. The number of piperazine rings is 1. The Hall–Kier alpha value is -1.70. The number of fused-ring (bicyclic) bond motifs is 2. The third kappa shape index (κ3) is 8.23. The number of nitrogens with zero attached hydrogens (tertiary/aromatic N) is 3. The second kappa shape index (κ2) is 15.7. The molecule has 230 valence electrons. The summed E-state index contributed by atoms with van der Waals surface area (Å²) in [5.41, 5.74) is 3.40. The zero-order chi connectivity index (χ0) is 29.2. The Balaban J connectivity index is 0.00000124. The van der Waals surface area contributed by atoms with Crippen LogP contribution in [0.1, 0.15) is 44.9 Å². The van der Waals surface area contributed by atoms with E-state index in [-0.39, 0.29) is 18.4 Å². The fourth-order valence-corrected chi connectivity index (χ4v) is 7.93. The standard InChI is InChI=1S/C27H41ClN4O5S.C2H4O/c1-21(29-37-26-5-3-4-17-35-26)27-13-10-23(19-30(20-27)16-18-34-2)32(27)38(33)31-14-11-25(12-15-31)36-24-8-6-22(28)7-9-24;1-2-3/h6-9,23,25-26,29H,1,3-5,10-20H2,2H3;2-3H,1H2. The van der Waals surface area contributed by atoms with Crippen molar-refractivity contribution in [2.75, 3.05) is 53.0 Å². The number of rotatable bonds is 11. The normalized spacial score (nSPS) is 28.3. The molecule has 0 spiro atoms. The number of hydrogen-bond donors (Lipinski definition) is 2. The summed E-state index contributed by atoms with van der Waals surface area (Å²) in [6, 6.07) is 7.66. The first kappa shape index (κ1) is 32.2. The van der Waals surface area contributed by atoms with Crippen LogP contribution in [0.15, 0.2) is 49.4 Å². The van der Waals surface area contributed by atoms with Crippen molar-refractivity contribution >= 4 is 22.8 Å². The van der Waals surface area contributed by atoms with E-state index in [0.29, 0.717) is 31.3 Å². The summed E-state index contributed by atoms with van der Waals surface area (Å²) in [6.07, 6.45) is 7.07. The molecule has 10 nitrogen and oxygen atoms in total. The summed E-state index contributed by atoms with van der Waals surface area (Å²) in [4.78, 5) is 8.34. The maximum atomic E-state index is 14.2. The zero-order valence-electron chi connectivity index (χ0n) is 24.0. The van der Waals surface area contributed by atoms with Crippen LogP contribution in [0.3, 0.4) is 0 Å². The van der Waals surface area contributed by atoms with Crippen molar-refractivity contribution in [3.63, 3.8) is 0 Å². The van der Waals surface area contributed by atoms with E-state index in [1.54, 1.807) is 7.11 Å².